The molecule has 2 N–H and O–H groups in total. The zero-order chi connectivity index (χ0) is 12.3. The number of benzene rings is 2. The number of rotatable bonds is 3. The van der Waals surface area contributed by atoms with Crippen molar-refractivity contribution < 1.29 is 14.6 Å². The quantitative estimate of drug-likeness (QED) is 0.854. The van der Waals surface area contributed by atoms with E-state index in [1.807, 2.05) is 6.07 Å². The van der Waals surface area contributed by atoms with Gasteiger partial charge in [-0.1, -0.05) is 24.3 Å². The molecule has 2 aromatic rings. The Labute approximate surface area is 99.0 Å². The number of hydrogen-bond acceptors (Lipinski definition) is 2. The molecule has 0 spiro atoms. The zero-order valence-corrected chi connectivity index (χ0v) is 9.18. The van der Waals surface area contributed by atoms with Crippen LogP contribution in [-0.4, -0.2) is 10.2 Å². The second kappa shape index (κ2) is 4.97. The maximum Gasteiger partial charge on any atom is 0.123 e. The van der Waals surface area contributed by atoms with Crippen LogP contribution in [0.2, 0.25) is 0 Å². The largest absolute Gasteiger partial charge is 0.508 e. The van der Waals surface area contributed by atoms with Crippen LogP contribution in [0.15, 0.2) is 48.5 Å². The first kappa shape index (κ1) is 11.6. The van der Waals surface area contributed by atoms with E-state index in [0.29, 0.717) is 12.0 Å². The molecule has 0 aromatic heterocycles. The Morgan fingerprint density at radius 2 is 1.82 bits per heavy atom. The van der Waals surface area contributed by atoms with Gasteiger partial charge in [0.2, 0.25) is 0 Å². The molecule has 3 heteroatoms. The predicted octanol–water partition coefficient (Wildman–Crippen LogP) is 2.81. The molecule has 2 rings (SSSR count). The van der Waals surface area contributed by atoms with Crippen LogP contribution >= 0.6 is 0 Å². The monoisotopic (exact) mass is 232 g/mol. The lowest BCUT2D eigenvalue weighted by Gasteiger charge is -2.11. The minimum Gasteiger partial charge on any atom is -0.508 e. The van der Waals surface area contributed by atoms with Gasteiger partial charge in [0.1, 0.15) is 11.6 Å². The van der Waals surface area contributed by atoms with Crippen LogP contribution in [0, 0.1) is 5.82 Å². The number of phenols is 1. The van der Waals surface area contributed by atoms with E-state index in [-0.39, 0.29) is 11.6 Å². The first-order chi connectivity index (χ1) is 8.15. The molecular weight excluding hydrogens is 219 g/mol. The molecular formula is C14H13FO2. The Morgan fingerprint density at radius 3 is 2.53 bits per heavy atom. The summed E-state index contributed by atoms with van der Waals surface area (Å²) in [5, 5.41) is 19.2. The van der Waals surface area contributed by atoms with Gasteiger partial charge in [0.15, 0.2) is 0 Å². The van der Waals surface area contributed by atoms with Crippen LogP contribution in [0.1, 0.15) is 17.2 Å². The molecule has 0 radical (unpaired) electrons. The lowest BCUT2D eigenvalue weighted by molar-refractivity contribution is 0.178. The Kier molecular flexibility index (Phi) is 3.40. The van der Waals surface area contributed by atoms with Gasteiger partial charge in [0.25, 0.3) is 0 Å². The van der Waals surface area contributed by atoms with E-state index < -0.39 is 6.10 Å². The summed E-state index contributed by atoms with van der Waals surface area (Å²) < 4.78 is 13.0. The van der Waals surface area contributed by atoms with E-state index in [1.54, 1.807) is 30.3 Å². The summed E-state index contributed by atoms with van der Waals surface area (Å²) in [4.78, 5) is 0. The van der Waals surface area contributed by atoms with Crippen LogP contribution in [0.4, 0.5) is 4.39 Å². The Hall–Kier alpha value is -1.87. The molecule has 0 aliphatic carbocycles. The minimum atomic E-state index is -0.771. The smallest absolute Gasteiger partial charge is 0.123 e. The van der Waals surface area contributed by atoms with Gasteiger partial charge in [-0.3, -0.25) is 0 Å². The van der Waals surface area contributed by atoms with Gasteiger partial charge < -0.3 is 10.2 Å². The van der Waals surface area contributed by atoms with Crippen molar-refractivity contribution in [3.63, 3.8) is 0 Å². The highest BCUT2D eigenvalue weighted by molar-refractivity contribution is 5.29. The van der Waals surface area contributed by atoms with E-state index in [0.717, 1.165) is 5.56 Å². The molecule has 0 fully saturated rings. The second-order valence-corrected chi connectivity index (χ2v) is 3.94. The van der Waals surface area contributed by atoms with Crippen molar-refractivity contribution in [3.05, 3.63) is 65.5 Å². The summed E-state index contributed by atoms with van der Waals surface area (Å²) in [6.07, 6.45) is -0.426. The van der Waals surface area contributed by atoms with Crippen LogP contribution in [0.3, 0.4) is 0 Å². The fourth-order valence-electron chi connectivity index (χ4n) is 1.74. The molecule has 0 aliphatic heterocycles. The topological polar surface area (TPSA) is 40.5 Å². The molecule has 0 aliphatic rings. The fraction of sp³-hybridized carbons (Fsp3) is 0.143. The third kappa shape index (κ3) is 3.04. The van der Waals surface area contributed by atoms with Crippen LogP contribution in [-0.2, 0) is 6.42 Å². The van der Waals surface area contributed by atoms with Crippen molar-refractivity contribution in [2.75, 3.05) is 0 Å². The SMILES string of the molecule is Oc1cccc(CC(O)c2cccc(F)c2)c1. The van der Waals surface area contributed by atoms with Gasteiger partial charge in [0.05, 0.1) is 6.10 Å². The van der Waals surface area contributed by atoms with E-state index in [4.69, 9.17) is 0 Å². The average molecular weight is 232 g/mol. The first-order valence-electron chi connectivity index (χ1n) is 5.36. The minimum absolute atomic E-state index is 0.161. The number of halogens is 1. The number of phenolic OH excluding ortho intramolecular Hbond substituents is 1. The predicted molar refractivity (Wildman–Crippen MR) is 63.2 cm³/mol. The summed E-state index contributed by atoms with van der Waals surface area (Å²) >= 11 is 0. The van der Waals surface area contributed by atoms with Gasteiger partial charge in [0, 0.05) is 6.42 Å². The highest BCUT2D eigenvalue weighted by Crippen LogP contribution is 2.21. The van der Waals surface area contributed by atoms with Crippen molar-refractivity contribution >= 4 is 0 Å². The first-order valence-corrected chi connectivity index (χ1v) is 5.36. The zero-order valence-electron chi connectivity index (χ0n) is 9.18. The maximum atomic E-state index is 13.0. The summed E-state index contributed by atoms with van der Waals surface area (Å²) in [5.41, 5.74) is 1.34. The molecule has 0 bridgehead atoms. The van der Waals surface area contributed by atoms with Crippen LogP contribution in [0.25, 0.3) is 0 Å². The number of aliphatic hydroxyl groups excluding tert-OH is 1. The fourth-order valence-corrected chi connectivity index (χ4v) is 1.74. The third-order valence-electron chi connectivity index (χ3n) is 2.57. The lowest BCUT2D eigenvalue weighted by Crippen LogP contribution is -2.02. The van der Waals surface area contributed by atoms with Crippen molar-refractivity contribution in [1.82, 2.24) is 0 Å². The molecule has 1 unspecified atom stereocenters. The maximum absolute atomic E-state index is 13.0. The molecule has 2 aromatic carbocycles. The highest BCUT2D eigenvalue weighted by Gasteiger charge is 2.09. The normalized spacial score (nSPS) is 12.4. The molecule has 88 valence electrons. The van der Waals surface area contributed by atoms with Crippen LogP contribution < -0.4 is 0 Å². The third-order valence-corrected chi connectivity index (χ3v) is 2.57. The number of aliphatic hydroxyl groups is 1. The van der Waals surface area contributed by atoms with E-state index in [2.05, 4.69) is 0 Å². The Balaban J connectivity index is 2.14. The Bertz CT molecular complexity index is 511. The summed E-state index contributed by atoms with van der Waals surface area (Å²) in [6, 6.07) is 12.6. The molecule has 0 saturated heterocycles. The van der Waals surface area contributed by atoms with Crippen molar-refractivity contribution in [2.45, 2.75) is 12.5 Å². The van der Waals surface area contributed by atoms with Crippen molar-refractivity contribution in [3.8, 4) is 5.75 Å². The van der Waals surface area contributed by atoms with Crippen molar-refractivity contribution in [2.24, 2.45) is 0 Å². The van der Waals surface area contributed by atoms with Crippen LogP contribution in [0.5, 0.6) is 5.75 Å². The number of aromatic hydroxyl groups is 1. The van der Waals surface area contributed by atoms with E-state index in [1.165, 1.54) is 12.1 Å². The van der Waals surface area contributed by atoms with Gasteiger partial charge in [-0.05, 0) is 35.4 Å². The molecule has 17 heavy (non-hydrogen) atoms. The van der Waals surface area contributed by atoms with Gasteiger partial charge in [-0.2, -0.15) is 0 Å². The van der Waals surface area contributed by atoms with E-state index in [9.17, 15) is 14.6 Å². The van der Waals surface area contributed by atoms with Gasteiger partial charge >= 0.3 is 0 Å². The molecule has 0 amide bonds. The summed E-state index contributed by atoms with van der Waals surface area (Å²) in [6.45, 7) is 0. The summed E-state index contributed by atoms with van der Waals surface area (Å²) in [5.74, 6) is -0.202. The molecule has 2 nitrogen and oxygen atoms in total. The summed E-state index contributed by atoms with van der Waals surface area (Å²) in [7, 11) is 0. The number of hydrogen-bond donors (Lipinski definition) is 2. The Morgan fingerprint density at radius 1 is 1.06 bits per heavy atom. The van der Waals surface area contributed by atoms with E-state index >= 15 is 0 Å². The average Bonchev–Trinajstić information content (AvgIpc) is 2.29. The van der Waals surface area contributed by atoms with Gasteiger partial charge in [-0.25, -0.2) is 4.39 Å². The second-order valence-electron chi connectivity index (χ2n) is 3.94. The lowest BCUT2D eigenvalue weighted by atomic mass is 10.0. The standard InChI is InChI=1S/C14H13FO2/c15-12-5-2-4-11(9-12)14(17)8-10-3-1-6-13(16)7-10/h1-7,9,14,16-17H,8H2. The highest BCUT2D eigenvalue weighted by atomic mass is 19.1. The molecule has 0 saturated carbocycles. The molecule has 0 heterocycles. The van der Waals surface area contributed by atoms with Gasteiger partial charge in [-0.15, -0.1) is 0 Å². The van der Waals surface area contributed by atoms with Crippen molar-refractivity contribution in [1.29, 1.82) is 0 Å². The molecule has 1 atom stereocenters.